The van der Waals surface area contributed by atoms with E-state index in [2.05, 4.69) is 21.2 Å². The fourth-order valence-electron chi connectivity index (χ4n) is 6.03. The number of ether oxygens (including phenoxy) is 2. The van der Waals surface area contributed by atoms with Gasteiger partial charge in [0.25, 0.3) is 0 Å². The van der Waals surface area contributed by atoms with E-state index in [1.807, 2.05) is 26.0 Å². The molecule has 4 saturated carbocycles. The molecule has 0 aliphatic heterocycles. The minimum absolute atomic E-state index is 0.0618. The lowest BCUT2D eigenvalue weighted by molar-refractivity contribution is -0.126. The molecule has 4 aliphatic rings. The van der Waals surface area contributed by atoms with E-state index in [4.69, 9.17) is 9.47 Å². The van der Waals surface area contributed by atoms with E-state index in [0.717, 1.165) is 33.5 Å². The van der Waals surface area contributed by atoms with Gasteiger partial charge in [-0.1, -0.05) is 15.9 Å². The number of nitrogens with one attached hydrogen (secondary N) is 1. The van der Waals surface area contributed by atoms with Crippen LogP contribution in [0.1, 0.15) is 57.9 Å². The maximum absolute atomic E-state index is 12.9. The van der Waals surface area contributed by atoms with Crippen LogP contribution in [-0.2, 0) is 11.2 Å². The van der Waals surface area contributed by atoms with Gasteiger partial charge in [0.2, 0.25) is 5.91 Å². The van der Waals surface area contributed by atoms with Crippen molar-refractivity contribution in [3.63, 3.8) is 0 Å². The third-order valence-electron chi connectivity index (χ3n) is 6.51. The smallest absolute Gasteiger partial charge is 0.224 e. The molecule has 0 atom stereocenters. The first-order chi connectivity index (χ1) is 13.0. The van der Waals surface area contributed by atoms with E-state index in [-0.39, 0.29) is 11.4 Å². The Morgan fingerprint density at radius 1 is 1.04 bits per heavy atom. The number of hydrogen-bond donors (Lipinski definition) is 1. The van der Waals surface area contributed by atoms with E-state index < -0.39 is 0 Å². The first-order valence-corrected chi connectivity index (χ1v) is 11.2. The van der Waals surface area contributed by atoms with Gasteiger partial charge < -0.3 is 14.8 Å². The Labute approximate surface area is 170 Å². The first-order valence-electron chi connectivity index (χ1n) is 10.4. The fraction of sp³-hybridized carbons (Fsp3) is 0.682. The van der Waals surface area contributed by atoms with Gasteiger partial charge in [0.05, 0.1) is 19.6 Å². The summed E-state index contributed by atoms with van der Waals surface area (Å²) >= 11 is 3.61. The Hall–Kier alpha value is -1.23. The molecule has 5 heteroatoms. The van der Waals surface area contributed by atoms with Crippen LogP contribution < -0.4 is 14.8 Å². The van der Waals surface area contributed by atoms with Gasteiger partial charge in [-0.15, -0.1) is 0 Å². The predicted octanol–water partition coefficient (Wildman–Crippen LogP) is 4.87. The molecule has 1 aromatic rings. The molecule has 4 fully saturated rings. The Morgan fingerprint density at radius 2 is 1.56 bits per heavy atom. The average molecular weight is 436 g/mol. The molecule has 4 aliphatic carbocycles. The summed E-state index contributed by atoms with van der Waals surface area (Å²) in [5, 5.41) is 3.46. The highest BCUT2D eigenvalue weighted by Gasteiger charge is 2.51. The van der Waals surface area contributed by atoms with Crippen molar-refractivity contribution in [2.45, 2.75) is 64.3 Å². The van der Waals surface area contributed by atoms with Crippen molar-refractivity contribution in [1.82, 2.24) is 5.32 Å². The predicted molar refractivity (Wildman–Crippen MR) is 109 cm³/mol. The molecular formula is C22H30BrNO3. The number of rotatable bonds is 7. The second-order valence-electron chi connectivity index (χ2n) is 8.68. The lowest BCUT2D eigenvalue weighted by Crippen LogP contribution is -2.60. The molecule has 4 bridgehead atoms. The number of benzene rings is 1. The van der Waals surface area contributed by atoms with Crippen LogP contribution in [0.15, 0.2) is 16.6 Å². The summed E-state index contributed by atoms with van der Waals surface area (Å²) in [5.41, 5.74) is 1.01. The van der Waals surface area contributed by atoms with Crippen molar-refractivity contribution >= 4 is 21.8 Å². The van der Waals surface area contributed by atoms with E-state index in [0.29, 0.717) is 25.4 Å². The second kappa shape index (κ2) is 7.65. The van der Waals surface area contributed by atoms with Gasteiger partial charge in [0.1, 0.15) is 0 Å². The Morgan fingerprint density at radius 3 is 2.07 bits per heavy atom. The topological polar surface area (TPSA) is 47.6 Å². The van der Waals surface area contributed by atoms with Crippen molar-refractivity contribution in [2.24, 2.45) is 17.8 Å². The Balaban J connectivity index is 1.47. The monoisotopic (exact) mass is 435 g/mol. The van der Waals surface area contributed by atoms with Crippen molar-refractivity contribution < 1.29 is 14.3 Å². The van der Waals surface area contributed by atoms with Gasteiger partial charge in [-0.05, 0) is 87.8 Å². The quantitative estimate of drug-likeness (QED) is 0.663. The van der Waals surface area contributed by atoms with Crippen LogP contribution in [0.25, 0.3) is 0 Å². The van der Waals surface area contributed by atoms with Crippen LogP contribution in [0.4, 0.5) is 0 Å². The number of amides is 1. The molecule has 0 saturated heterocycles. The summed E-state index contributed by atoms with van der Waals surface area (Å²) in [4.78, 5) is 12.9. The molecule has 5 rings (SSSR count). The molecule has 27 heavy (non-hydrogen) atoms. The van der Waals surface area contributed by atoms with E-state index in [1.54, 1.807) is 0 Å². The molecule has 0 heterocycles. The largest absolute Gasteiger partial charge is 0.490 e. The zero-order valence-electron chi connectivity index (χ0n) is 16.4. The minimum atomic E-state index is 0.0618. The molecule has 0 spiro atoms. The molecule has 4 nitrogen and oxygen atoms in total. The minimum Gasteiger partial charge on any atom is -0.490 e. The number of halogens is 1. The average Bonchev–Trinajstić information content (AvgIpc) is 2.57. The summed E-state index contributed by atoms with van der Waals surface area (Å²) in [6, 6.07) is 3.86. The number of carbonyl (C=O) groups is 1. The van der Waals surface area contributed by atoms with Crippen LogP contribution in [0, 0.1) is 17.8 Å². The van der Waals surface area contributed by atoms with Crippen molar-refractivity contribution in [1.29, 1.82) is 0 Å². The van der Waals surface area contributed by atoms with E-state index in [9.17, 15) is 4.79 Å². The van der Waals surface area contributed by atoms with Gasteiger partial charge in [-0.3, -0.25) is 4.79 Å². The normalized spacial score (nSPS) is 31.0. The van der Waals surface area contributed by atoms with Gasteiger partial charge in [-0.25, -0.2) is 0 Å². The van der Waals surface area contributed by atoms with Crippen LogP contribution in [0.2, 0.25) is 0 Å². The van der Waals surface area contributed by atoms with Gasteiger partial charge in [-0.2, -0.15) is 0 Å². The Bertz CT molecular complexity index is 682. The van der Waals surface area contributed by atoms with Crippen LogP contribution in [0.5, 0.6) is 11.5 Å². The molecule has 1 aromatic carbocycles. The number of carbonyl (C=O) groups excluding carboxylic acids is 1. The molecule has 148 valence electrons. The van der Waals surface area contributed by atoms with Crippen molar-refractivity contribution in [3.8, 4) is 11.5 Å². The van der Waals surface area contributed by atoms with E-state index >= 15 is 0 Å². The fourth-order valence-corrected chi connectivity index (χ4v) is 6.49. The summed E-state index contributed by atoms with van der Waals surface area (Å²) in [6.07, 6.45) is 8.07. The standard InChI is InChI=1S/C22H30BrNO3/c1-3-26-19-8-17(18(23)10-20(19)27-4-2)9-21(25)24-22-11-14-5-15(12-22)7-16(6-14)13-22/h8,10,14-16H,3-7,9,11-13H2,1-2H3,(H,24,25). The first kappa shape index (κ1) is 19.1. The third kappa shape index (κ3) is 3.98. The van der Waals surface area contributed by atoms with Crippen LogP contribution in [-0.4, -0.2) is 24.7 Å². The highest BCUT2D eigenvalue weighted by molar-refractivity contribution is 9.10. The summed E-state index contributed by atoms with van der Waals surface area (Å²) in [6.45, 7) is 5.06. The molecule has 1 amide bonds. The van der Waals surface area contributed by atoms with E-state index in [1.165, 1.54) is 38.5 Å². The zero-order valence-corrected chi connectivity index (χ0v) is 17.9. The molecule has 0 radical (unpaired) electrons. The van der Waals surface area contributed by atoms with Crippen LogP contribution >= 0.6 is 15.9 Å². The maximum atomic E-state index is 12.9. The van der Waals surface area contributed by atoms with Gasteiger partial charge in [0.15, 0.2) is 11.5 Å². The van der Waals surface area contributed by atoms with Gasteiger partial charge >= 0.3 is 0 Å². The highest BCUT2D eigenvalue weighted by atomic mass is 79.9. The lowest BCUT2D eigenvalue weighted by Gasteiger charge is -2.56. The summed E-state index contributed by atoms with van der Waals surface area (Å²) in [5.74, 6) is 4.05. The number of hydrogen-bond acceptors (Lipinski definition) is 3. The molecular weight excluding hydrogens is 406 g/mol. The summed E-state index contributed by atoms with van der Waals surface area (Å²) < 4.78 is 12.3. The molecule has 0 aromatic heterocycles. The zero-order chi connectivity index (χ0) is 19.0. The second-order valence-corrected chi connectivity index (χ2v) is 9.53. The van der Waals surface area contributed by atoms with Gasteiger partial charge in [0, 0.05) is 10.0 Å². The lowest BCUT2D eigenvalue weighted by atomic mass is 9.53. The van der Waals surface area contributed by atoms with Crippen molar-refractivity contribution in [3.05, 3.63) is 22.2 Å². The molecule has 1 N–H and O–H groups in total. The highest BCUT2D eigenvalue weighted by Crippen LogP contribution is 2.55. The summed E-state index contributed by atoms with van der Waals surface area (Å²) in [7, 11) is 0. The molecule has 0 unspecified atom stereocenters. The Kier molecular flexibility index (Phi) is 5.41. The SMILES string of the molecule is CCOc1cc(Br)c(CC(=O)NC23CC4CC(CC(C4)C2)C3)cc1OCC. The maximum Gasteiger partial charge on any atom is 0.224 e. The third-order valence-corrected chi connectivity index (χ3v) is 7.24. The van der Waals surface area contributed by atoms with Crippen molar-refractivity contribution in [2.75, 3.05) is 13.2 Å². The van der Waals surface area contributed by atoms with Crippen LogP contribution in [0.3, 0.4) is 0 Å².